The van der Waals surface area contributed by atoms with E-state index in [1.807, 2.05) is 6.92 Å². The van der Waals surface area contributed by atoms with E-state index in [0.29, 0.717) is 17.8 Å². The molecule has 1 aromatic rings. The highest BCUT2D eigenvalue weighted by Crippen LogP contribution is 2.28. The molecule has 1 aromatic heterocycles. The molecule has 0 bridgehead atoms. The fourth-order valence-electron chi connectivity index (χ4n) is 1.65. The first-order valence-corrected chi connectivity index (χ1v) is 6.40. The molecule has 0 aliphatic heterocycles. The molecule has 0 fully saturated rings. The third-order valence-corrected chi connectivity index (χ3v) is 3.04. The van der Waals surface area contributed by atoms with Crippen LogP contribution in [-0.2, 0) is 6.42 Å². The molecule has 0 aromatic carbocycles. The van der Waals surface area contributed by atoms with Crippen LogP contribution < -0.4 is 4.90 Å². The van der Waals surface area contributed by atoms with Gasteiger partial charge in [0, 0.05) is 18.0 Å². The second-order valence-corrected chi connectivity index (χ2v) is 4.93. The number of halogens is 4. The summed E-state index contributed by atoms with van der Waals surface area (Å²) in [6, 6.07) is -0.337. The van der Waals surface area contributed by atoms with Crippen LogP contribution in [0.3, 0.4) is 0 Å². The third-order valence-electron chi connectivity index (χ3n) is 2.67. The van der Waals surface area contributed by atoms with Crippen LogP contribution in [0.15, 0.2) is 0 Å². The average Bonchev–Trinajstić information content (AvgIpc) is 2.28. The number of hydrogen-bond donors (Lipinski definition) is 0. The molecule has 0 spiro atoms. The Hall–Kier alpha value is -1.04. The molecule has 1 heterocycles. The molecule has 0 amide bonds. The normalized spacial score (nSPS) is 12.1. The van der Waals surface area contributed by atoms with E-state index in [1.54, 1.807) is 20.8 Å². The second kappa shape index (κ2) is 5.94. The molecule has 0 aliphatic carbocycles. The minimum Gasteiger partial charge on any atom is -0.345 e. The summed E-state index contributed by atoms with van der Waals surface area (Å²) in [5.41, 5.74) is 0.469. The number of nitrogens with zero attached hydrogens (tertiary/aromatic N) is 3. The number of rotatable bonds is 4. The SMILES string of the molecule is CCc1nc(Cl)c(C)c(N(CC(F)(F)F)C(C)C)n1. The lowest BCUT2D eigenvalue weighted by molar-refractivity contribution is -0.120. The van der Waals surface area contributed by atoms with Gasteiger partial charge in [0.05, 0.1) is 0 Å². The molecule has 7 heteroatoms. The quantitative estimate of drug-likeness (QED) is 0.792. The van der Waals surface area contributed by atoms with Crippen molar-refractivity contribution in [3.63, 3.8) is 0 Å². The molecule has 1 rings (SSSR count). The lowest BCUT2D eigenvalue weighted by Crippen LogP contribution is -2.40. The van der Waals surface area contributed by atoms with Gasteiger partial charge in [0.15, 0.2) is 0 Å². The van der Waals surface area contributed by atoms with Crippen molar-refractivity contribution in [2.75, 3.05) is 11.4 Å². The summed E-state index contributed by atoms with van der Waals surface area (Å²) >= 11 is 5.96. The Morgan fingerprint density at radius 1 is 1.26 bits per heavy atom. The Labute approximate surface area is 115 Å². The van der Waals surface area contributed by atoms with Gasteiger partial charge in [0.2, 0.25) is 0 Å². The van der Waals surface area contributed by atoms with Crippen LogP contribution in [0.1, 0.15) is 32.2 Å². The first kappa shape index (κ1) is 16.0. The Morgan fingerprint density at radius 3 is 2.26 bits per heavy atom. The number of aromatic nitrogens is 2. The van der Waals surface area contributed by atoms with Crippen molar-refractivity contribution in [2.45, 2.75) is 46.3 Å². The van der Waals surface area contributed by atoms with Crippen molar-refractivity contribution in [1.82, 2.24) is 9.97 Å². The van der Waals surface area contributed by atoms with E-state index >= 15 is 0 Å². The summed E-state index contributed by atoms with van der Waals surface area (Å²) in [4.78, 5) is 9.42. The zero-order valence-electron chi connectivity index (χ0n) is 11.3. The van der Waals surface area contributed by atoms with Crippen LogP contribution in [0.2, 0.25) is 5.15 Å². The Bertz CT molecular complexity index is 447. The molecule has 19 heavy (non-hydrogen) atoms. The minimum absolute atomic E-state index is 0.203. The maximum Gasteiger partial charge on any atom is 0.405 e. The van der Waals surface area contributed by atoms with E-state index in [-0.39, 0.29) is 17.0 Å². The van der Waals surface area contributed by atoms with Crippen LogP contribution in [-0.4, -0.2) is 28.7 Å². The van der Waals surface area contributed by atoms with E-state index in [2.05, 4.69) is 9.97 Å². The number of hydrogen-bond acceptors (Lipinski definition) is 3. The number of alkyl halides is 3. The molecule has 108 valence electrons. The molecule has 3 nitrogen and oxygen atoms in total. The standard InChI is InChI=1S/C12H17ClF3N3/c1-5-9-17-10(13)8(4)11(18-9)19(7(2)3)6-12(14,15)16/h7H,5-6H2,1-4H3. The molecule has 0 unspecified atom stereocenters. The summed E-state index contributed by atoms with van der Waals surface area (Å²) in [6.45, 7) is 5.78. The summed E-state index contributed by atoms with van der Waals surface area (Å²) in [5, 5.41) is 0.203. The number of aryl methyl sites for hydroxylation is 1. The van der Waals surface area contributed by atoms with Gasteiger partial charge in [0.25, 0.3) is 0 Å². The average molecular weight is 296 g/mol. The van der Waals surface area contributed by atoms with Crippen molar-refractivity contribution in [3.8, 4) is 0 Å². The summed E-state index contributed by atoms with van der Waals surface area (Å²) in [7, 11) is 0. The fraction of sp³-hybridized carbons (Fsp3) is 0.667. The molecule has 0 radical (unpaired) electrons. The van der Waals surface area contributed by atoms with Gasteiger partial charge in [-0.25, -0.2) is 9.97 Å². The van der Waals surface area contributed by atoms with Crippen molar-refractivity contribution in [2.24, 2.45) is 0 Å². The van der Waals surface area contributed by atoms with Gasteiger partial charge >= 0.3 is 6.18 Å². The van der Waals surface area contributed by atoms with Gasteiger partial charge in [0.1, 0.15) is 23.3 Å². The fourth-order valence-corrected chi connectivity index (χ4v) is 1.84. The van der Waals surface area contributed by atoms with Gasteiger partial charge in [-0.2, -0.15) is 13.2 Å². The van der Waals surface area contributed by atoms with Crippen LogP contribution >= 0.6 is 11.6 Å². The molecular weight excluding hydrogens is 279 g/mol. The van der Waals surface area contributed by atoms with Crippen LogP contribution in [0, 0.1) is 6.92 Å². The highest BCUT2D eigenvalue weighted by molar-refractivity contribution is 6.30. The van der Waals surface area contributed by atoms with Crippen LogP contribution in [0.5, 0.6) is 0 Å². The van der Waals surface area contributed by atoms with E-state index in [1.165, 1.54) is 4.90 Å². The molecule has 0 saturated carbocycles. The summed E-state index contributed by atoms with van der Waals surface area (Å²) in [6.07, 6.45) is -3.77. The topological polar surface area (TPSA) is 29.0 Å². The lowest BCUT2D eigenvalue weighted by atomic mass is 10.2. The summed E-state index contributed by atoms with van der Waals surface area (Å²) < 4.78 is 37.9. The van der Waals surface area contributed by atoms with Gasteiger partial charge in [-0.15, -0.1) is 0 Å². The first-order valence-electron chi connectivity index (χ1n) is 6.02. The van der Waals surface area contributed by atoms with E-state index < -0.39 is 12.7 Å². The maximum atomic E-state index is 12.6. The third kappa shape index (κ3) is 4.23. The number of anilines is 1. The molecular formula is C12H17ClF3N3. The van der Waals surface area contributed by atoms with Crippen molar-refractivity contribution < 1.29 is 13.2 Å². The Balaban J connectivity index is 3.26. The predicted octanol–water partition coefficient (Wildman–Crippen LogP) is 3.78. The van der Waals surface area contributed by atoms with E-state index in [9.17, 15) is 13.2 Å². The van der Waals surface area contributed by atoms with Crippen molar-refractivity contribution in [1.29, 1.82) is 0 Å². The van der Waals surface area contributed by atoms with Gasteiger partial charge < -0.3 is 4.90 Å². The smallest absolute Gasteiger partial charge is 0.345 e. The highest BCUT2D eigenvalue weighted by Gasteiger charge is 2.33. The summed E-state index contributed by atoms with van der Waals surface area (Å²) in [5.74, 6) is 0.697. The Kier molecular flexibility index (Phi) is 5.01. The van der Waals surface area contributed by atoms with Crippen molar-refractivity contribution in [3.05, 3.63) is 16.5 Å². The highest BCUT2D eigenvalue weighted by atomic mass is 35.5. The lowest BCUT2D eigenvalue weighted by Gasteiger charge is -2.30. The monoisotopic (exact) mass is 295 g/mol. The zero-order valence-corrected chi connectivity index (χ0v) is 12.1. The minimum atomic E-state index is -4.29. The molecule has 0 atom stereocenters. The molecule has 0 N–H and O–H groups in total. The van der Waals surface area contributed by atoms with E-state index in [0.717, 1.165) is 0 Å². The first-order chi connectivity index (χ1) is 8.65. The molecule has 0 saturated heterocycles. The van der Waals surface area contributed by atoms with Gasteiger partial charge in [-0.3, -0.25) is 0 Å². The van der Waals surface area contributed by atoms with Gasteiger partial charge in [-0.1, -0.05) is 18.5 Å². The van der Waals surface area contributed by atoms with E-state index in [4.69, 9.17) is 11.6 Å². The van der Waals surface area contributed by atoms with Crippen LogP contribution in [0.4, 0.5) is 19.0 Å². The molecule has 0 aliphatic rings. The zero-order chi connectivity index (χ0) is 14.8. The van der Waals surface area contributed by atoms with Crippen LogP contribution in [0.25, 0.3) is 0 Å². The predicted molar refractivity (Wildman–Crippen MR) is 69.7 cm³/mol. The Morgan fingerprint density at radius 2 is 1.84 bits per heavy atom. The largest absolute Gasteiger partial charge is 0.405 e. The van der Waals surface area contributed by atoms with Gasteiger partial charge in [-0.05, 0) is 20.8 Å². The second-order valence-electron chi connectivity index (χ2n) is 4.57. The maximum absolute atomic E-state index is 12.6. The van der Waals surface area contributed by atoms with Crippen molar-refractivity contribution >= 4 is 17.4 Å².